The molecule has 0 bridgehead atoms. The Kier molecular flexibility index (Phi) is 11.4. The van der Waals surface area contributed by atoms with Gasteiger partial charge in [-0.2, -0.15) is 0 Å². The van der Waals surface area contributed by atoms with E-state index in [4.69, 9.17) is 0 Å². The van der Waals surface area contributed by atoms with Crippen LogP contribution in [0.4, 0.5) is 0 Å². The molecule has 0 atom stereocenters. The fourth-order valence-electron chi connectivity index (χ4n) is 1.56. The topological polar surface area (TPSA) is 0 Å². The summed E-state index contributed by atoms with van der Waals surface area (Å²) in [5, 5.41) is 0. The van der Waals surface area contributed by atoms with Gasteiger partial charge >= 0.3 is 0 Å². The van der Waals surface area contributed by atoms with Gasteiger partial charge < -0.3 is 0 Å². The normalized spacial score (nSPS) is 10.8. The van der Waals surface area contributed by atoms with Crippen molar-refractivity contribution < 1.29 is 0 Å². The maximum atomic E-state index is 2.28. The Balaban J connectivity index is 2.73. The van der Waals surface area contributed by atoms with E-state index in [0.29, 0.717) is 0 Å². The maximum absolute atomic E-state index is 2.28. The number of hydrogen-bond acceptors (Lipinski definition) is 0. The maximum Gasteiger partial charge on any atom is 0.00279 e. The second-order valence-corrected chi connectivity index (χ2v) is 4.83. The van der Waals surface area contributed by atoms with Crippen LogP contribution in [-0.2, 0) is 0 Å². The molecule has 12 heavy (non-hydrogen) atoms. The lowest BCUT2D eigenvalue weighted by atomic mass is 10.1. The lowest BCUT2D eigenvalue weighted by molar-refractivity contribution is 0.572. The molecule has 0 aromatic rings. The molecule has 0 amide bonds. The van der Waals surface area contributed by atoms with Crippen LogP contribution in [0.2, 0.25) is 6.04 Å². The van der Waals surface area contributed by atoms with Crippen molar-refractivity contribution in [2.45, 2.75) is 70.8 Å². The minimum atomic E-state index is 1.38. The van der Waals surface area contributed by atoms with Crippen LogP contribution >= 0.6 is 0 Å². The summed E-state index contributed by atoms with van der Waals surface area (Å²) in [6, 6.07) is 1.51. The highest BCUT2D eigenvalue weighted by Gasteiger charge is 1.90. The average Bonchev–Trinajstić information content (AvgIpc) is 2.10. The third kappa shape index (κ3) is 10.2. The van der Waals surface area contributed by atoms with Gasteiger partial charge in [0.05, 0.1) is 0 Å². The molecule has 0 rings (SSSR count). The first-order valence-electron chi connectivity index (χ1n) is 5.91. The Morgan fingerprint density at radius 2 is 1.08 bits per heavy atom. The highest BCUT2D eigenvalue weighted by molar-refractivity contribution is 6.08. The lowest BCUT2D eigenvalue weighted by Crippen LogP contribution is -1.80. The van der Waals surface area contributed by atoms with Gasteiger partial charge in [-0.1, -0.05) is 70.8 Å². The average molecular weight is 186 g/mol. The van der Waals surface area contributed by atoms with Crippen LogP contribution in [0.25, 0.3) is 0 Å². The first-order chi connectivity index (χ1) is 5.91. The highest BCUT2D eigenvalue weighted by atomic mass is 28.1. The van der Waals surface area contributed by atoms with Crippen LogP contribution in [0.5, 0.6) is 0 Å². The van der Waals surface area contributed by atoms with Crippen molar-refractivity contribution in [1.82, 2.24) is 0 Å². The molecule has 0 aromatic carbocycles. The van der Waals surface area contributed by atoms with E-state index in [9.17, 15) is 0 Å². The Bertz CT molecular complexity index is 61.4. The molecule has 0 aromatic heterocycles. The molecule has 74 valence electrons. The molecule has 0 radical (unpaired) electrons. The molecule has 0 aliphatic heterocycles. The van der Waals surface area contributed by atoms with E-state index >= 15 is 0 Å². The Labute approximate surface area is 81.6 Å². The molecule has 0 unspecified atom stereocenters. The van der Waals surface area contributed by atoms with Crippen LogP contribution in [0.3, 0.4) is 0 Å². The fraction of sp³-hybridized carbons (Fsp3) is 1.00. The predicted octanol–water partition coefficient (Wildman–Crippen LogP) is 3.30. The monoisotopic (exact) mass is 186 g/mol. The molecule has 0 N–H and O–H groups in total. The largest absolute Gasteiger partial charge is 0.0658 e. The molecule has 0 saturated heterocycles. The Morgan fingerprint density at radius 1 is 0.667 bits per heavy atom. The van der Waals surface area contributed by atoms with Gasteiger partial charge in [0.1, 0.15) is 0 Å². The third-order valence-corrected chi connectivity index (χ3v) is 3.16. The number of unbranched alkanes of at least 4 members (excludes halogenated alkanes) is 8. The Hall–Kier alpha value is 0.217. The summed E-state index contributed by atoms with van der Waals surface area (Å²) in [5.41, 5.74) is 0. The molecule has 1 heteroatoms. The van der Waals surface area contributed by atoms with Crippen molar-refractivity contribution in [3.63, 3.8) is 0 Å². The minimum Gasteiger partial charge on any atom is -0.0658 e. The predicted molar refractivity (Wildman–Crippen MR) is 62.0 cm³/mol. The molecular formula is C11H26Si. The Morgan fingerprint density at radius 3 is 1.50 bits per heavy atom. The molecule has 0 aliphatic carbocycles. The SMILES string of the molecule is CCCCCCCCCCC[SiH3]. The van der Waals surface area contributed by atoms with E-state index in [1.165, 1.54) is 74.1 Å². The zero-order chi connectivity index (χ0) is 9.07. The quantitative estimate of drug-likeness (QED) is 0.383. The fourth-order valence-corrected chi connectivity index (χ4v) is 2.06. The molecule has 0 heterocycles. The van der Waals surface area contributed by atoms with Crippen molar-refractivity contribution in [3.8, 4) is 0 Å². The molecule has 0 spiro atoms. The zero-order valence-electron chi connectivity index (χ0n) is 9.07. The van der Waals surface area contributed by atoms with Crippen molar-refractivity contribution in [1.29, 1.82) is 0 Å². The van der Waals surface area contributed by atoms with Gasteiger partial charge in [0.2, 0.25) is 0 Å². The van der Waals surface area contributed by atoms with Gasteiger partial charge in [-0.05, 0) is 0 Å². The van der Waals surface area contributed by atoms with Crippen LogP contribution in [0.15, 0.2) is 0 Å². The van der Waals surface area contributed by atoms with E-state index in [2.05, 4.69) is 6.92 Å². The molecule has 0 aliphatic rings. The molecule has 0 nitrogen and oxygen atoms in total. The summed E-state index contributed by atoms with van der Waals surface area (Å²) in [4.78, 5) is 0. The highest BCUT2D eigenvalue weighted by Crippen LogP contribution is 2.09. The second-order valence-electron chi connectivity index (χ2n) is 3.83. The standard InChI is InChI=1S/C11H26Si/c1-2-3-4-5-6-7-8-9-10-11-12/h2-11H2,1,12H3. The smallest absolute Gasteiger partial charge is 0.00279 e. The summed E-state index contributed by atoms with van der Waals surface area (Å²) in [6.07, 6.45) is 13.2. The first kappa shape index (κ1) is 12.2. The van der Waals surface area contributed by atoms with Crippen LogP contribution in [-0.4, -0.2) is 10.2 Å². The molecule has 0 saturated carbocycles. The molecule has 0 fully saturated rings. The van der Waals surface area contributed by atoms with Gasteiger partial charge in [-0.15, -0.1) is 0 Å². The first-order valence-corrected chi connectivity index (χ1v) is 7.33. The number of rotatable bonds is 9. The van der Waals surface area contributed by atoms with Gasteiger partial charge in [0, 0.05) is 10.2 Å². The van der Waals surface area contributed by atoms with Gasteiger partial charge in [0.25, 0.3) is 0 Å². The van der Waals surface area contributed by atoms with Crippen molar-refractivity contribution in [2.75, 3.05) is 0 Å². The second kappa shape index (κ2) is 11.2. The lowest BCUT2D eigenvalue weighted by Gasteiger charge is -1.99. The van der Waals surface area contributed by atoms with Crippen molar-refractivity contribution in [3.05, 3.63) is 0 Å². The van der Waals surface area contributed by atoms with Gasteiger partial charge in [-0.3, -0.25) is 0 Å². The summed E-state index contributed by atoms with van der Waals surface area (Å²) < 4.78 is 0. The summed E-state index contributed by atoms with van der Waals surface area (Å²) in [6.45, 7) is 2.28. The summed E-state index contributed by atoms with van der Waals surface area (Å²) >= 11 is 0. The van der Waals surface area contributed by atoms with Crippen LogP contribution < -0.4 is 0 Å². The van der Waals surface area contributed by atoms with Crippen molar-refractivity contribution in [2.24, 2.45) is 0 Å². The zero-order valence-corrected chi connectivity index (χ0v) is 11.1. The number of hydrogen-bond donors (Lipinski definition) is 0. The van der Waals surface area contributed by atoms with Crippen molar-refractivity contribution >= 4 is 10.2 Å². The summed E-state index contributed by atoms with van der Waals surface area (Å²) in [5.74, 6) is 0. The minimum absolute atomic E-state index is 1.38. The van der Waals surface area contributed by atoms with Gasteiger partial charge in [0.15, 0.2) is 0 Å². The van der Waals surface area contributed by atoms with Crippen LogP contribution in [0.1, 0.15) is 64.7 Å². The van der Waals surface area contributed by atoms with E-state index < -0.39 is 0 Å². The van der Waals surface area contributed by atoms with Crippen LogP contribution in [0, 0.1) is 0 Å². The van der Waals surface area contributed by atoms with Gasteiger partial charge in [-0.25, -0.2) is 0 Å². The molecular weight excluding hydrogens is 160 g/mol. The van der Waals surface area contributed by atoms with E-state index in [1.54, 1.807) is 0 Å². The van der Waals surface area contributed by atoms with E-state index in [1.807, 2.05) is 0 Å². The summed E-state index contributed by atoms with van der Waals surface area (Å²) in [7, 11) is 1.41. The third-order valence-electron chi connectivity index (χ3n) is 2.46. The van der Waals surface area contributed by atoms with E-state index in [-0.39, 0.29) is 0 Å². The van der Waals surface area contributed by atoms with E-state index in [0.717, 1.165) is 0 Å².